The van der Waals surface area contributed by atoms with Crippen LogP contribution in [0.2, 0.25) is 0 Å². The molecule has 0 bridgehead atoms. The van der Waals surface area contributed by atoms with E-state index in [1.165, 1.54) is 18.2 Å². The van der Waals surface area contributed by atoms with E-state index < -0.39 is 23.5 Å². The number of hydrogen-bond acceptors (Lipinski definition) is 5. The number of carbonyl (C=O) groups is 2. The Morgan fingerprint density at radius 1 is 1.23 bits per heavy atom. The summed E-state index contributed by atoms with van der Waals surface area (Å²) in [5.41, 5.74) is 5.50. The number of aliphatic carboxylic acids is 1. The molecule has 1 atom stereocenters. The summed E-state index contributed by atoms with van der Waals surface area (Å²) >= 11 is 0. The molecule has 1 aliphatic rings. The number of nitrogens with one attached hydrogen (secondary N) is 1. The van der Waals surface area contributed by atoms with Gasteiger partial charge < -0.3 is 26.4 Å². The Hall–Kier alpha value is -2.28. The van der Waals surface area contributed by atoms with E-state index in [1.54, 1.807) is 0 Å². The molecule has 0 unspecified atom stereocenters. The first-order chi connectivity index (χ1) is 10.3. The Labute approximate surface area is 127 Å². The van der Waals surface area contributed by atoms with Crippen LogP contribution < -0.4 is 11.1 Å². The summed E-state index contributed by atoms with van der Waals surface area (Å²) in [7, 11) is 0. The largest absolute Gasteiger partial charge is 0.504 e. The van der Waals surface area contributed by atoms with Crippen LogP contribution in [-0.4, -0.2) is 38.8 Å². The predicted molar refractivity (Wildman–Crippen MR) is 78.4 cm³/mol. The standard InChI is InChI=1S/C15H20N2O5/c16-15(5-1-2-6-15)14(22)17-10(13(20)21)7-9-3-4-11(18)12(19)8-9/h3-4,8,10,18-19H,1-2,5-7,16H2,(H,17,22)(H,20,21)/t10-/m0/s1. The smallest absolute Gasteiger partial charge is 0.326 e. The van der Waals surface area contributed by atoms with Gasteiger partial charge in [0.2, 0.25) is 5.91 Å². The fourth-order valence-electron chi connectivity index (χ4n) is 2.67. The third-order valence-corrected chi connectivity index (χ3v) is 4.03. The van der Waals surface area contributed by atoms with Crippen molar-refractivity contribution in [2.24, 2.45) is 5.73 Å². The van der Waals surface area contributed by atoms with Crippen molar-refractivity contribution in [2.75, 3.05) is 0 Å². The van der Waals surface area contributed by atoms with Gasteiger partial charge in [-0.15, -0.1) is 0 Å². The van der Waals surface area contributed by atoms with Crippen LogP contribution in [-0.2, 0) is 16.0 Å². The average Bonchev–Trinajstić information content (AvgIpc) is 2.90. The first-order valence-corrected chi connectivity index (χ1v) is 7.15. The Morgan fingerprint density at radius 2 is 1.86 bits per heavy atom. The lowest BCUT2D eigenvalue weighted by molar-refractivity contribution is -0.142. The van der Waals surface area contributed by atoms with Gasteiger partial charge in [0.15, 0.2) is 11.5 Å². The molecule has 0 radical (unpaired) electrons. The van der Waals surface area contributed by atoms with E-state index >= 15 is 0 Å². The van der Waals surface area contributed by atoms with Crippen LogP contribution in [0.1, 0.15) is 31.2 Å². The van der Waals surface area contributed by atoms with E-state index in [9.17, 15) is 24.9 Å². The third-order valence-electron chi connectivity index (χ3n) is 4.03. The molecule has 7 heteroatoms. The number of aromatic hydroxyl groups is 2. The highest BCUT2D eigenvalue weighted by atomic mass is 16.4. The van der Waals surface area contributed by atoms with Gasteiger partial charge in [-0.3, -0.25) is 4.79 Å². The second-order valence-corrected chi connectivity index (χ2v) is 5.75. The van der Waals surface area contributed by atoms with Crippen molar-refractivity contribution >= 4 is 11.9 Å². The zero-order chi connectivity index (χ0) is 16.3. The second-order valence-electron chi connectivity index (χ2n) is 5.75. The van der Waals surface area contributed by atoms with Crippen LogP contribution in [0.4, 0.5) is 0 Å². The van der Waals surface area contributed by atoms with Gasteiger partial charge in [0, 0.05) is 6.42 Å². The van der Waals surface area contributed by atoms with Gasteiger partial charge in [-0.05, 0) is 30.5 Å². The molecule has 0 aliphatic heterocycles. The fraction of sp³-hybridized carbons (Fsp3) is 0.467. The summed E-state index contributed by atoms with van der Waals surface area (Å²) in [6, 6.07) is 2.89. The first kappa shape index (κ1) is 16.1. The van der Waals surface area contributed by atoms with Crippen molar-refractivity contribution in [3.8, 4) is 11.5 Å². The number of nitrogens with two attached hydrogens (primary N) is 1. The number of carbonyl (C=O) groups excluding carboxylic acids is 1. The van der Waals surface area contributed by atoms with Crippen molar-refractivity contribution in [2.45, 2.75) is 43.7 Å². The molecule has 0 aromatic heterocycles. The van der Waals surface area contributed by atoms with Gasteiger partial charge in [0.05, 0.1) is 5.54 Å². The van der Waals surface area contributed by atoms with Crippen molar-refractivity contribution < 1.29 is 24.9 Å². The highest BCUT2D eigenvalue weighted by Crippen LogP contribution is 2.28. The minimum atomic E-state index is -1.18. The lowest BCUT2D eigenvalue weighted by Crippen LogP contribution is -2.56. The molecule has 7 nitrogen and oxygen atoms in total. The number of benzene rings is 1. The minimum Gasteiger partial charge on any atom is -0.504 e. The lowest BCUT2D eigenvalue weighted by Gasteiger charge is -2.25. The summed E-state index contributed by atoms with van der Waals surface area (Å²) in [6.45, 7) is 0. The van der Waals surface area contributed by atoms with Gasteiger partial charge >= 0.3 is 5.97 Å². The molecule has 0 saturated heterocycles. The highest BCUT2D eigenvalue weighted by molar-refractivity contribution is 5.90. The van der Waals surface area contributed by atoms with E-state index in [0.29, 0.717) is 18.4 Å². The molecular formula is C15H20N2O5. The van der Waals surface area contributed by atoms with E-state index in [2.05, 4.69) is 5.32 Å². The Balaban J connectivity index is 2.08. The molecule has 22 heavy (non-hydrogen) atoms. The van der Waals surface area contributed by atoms with Gasteiger partial charge in [0.1, 0.15) is 6.04 Å². The van der Waals surface area contributed by atoms with Gasteiger partial charge in [-0.2, -0.15) is 0 Å². The maximum atomic E-state index is 12.2. The molecule has 1 amide bonds. The van der Waals surface area contributed by atoms with Gasteiger partial charge in [-0.25, -0.2) is 4.79 Å². The number of phenols is 2. The number of rotatable bonds is 5. The maximum absolute atomic E-state index is 12.2. The Morgan fingerprint density at radius 3 is 2.41 bits per heavy atom. The number of amides is 1. The van der Waals surface area contributed by atoms with Crippen LogP contribution in [0, 0.1) is 0 Å². The monoisotopic (exact) mass is 308 g/mol. The summed E-state index contributed by atoms with van der Waals surface area (Å²) < 4.78 is 0. The molecule has 6 N–H and O–H groups in total. The van der Waals surface area contributed by atoms with E-state index in [-0.39, 0.29) is 17.9 Å². The molecule has 1 aromatic rings. The molecule has 1 saturated carbocycles. The topological polar surface area (TPSA) is 133 Å². The molecule has 2 rings (SSSR count). The van der Waals surface area contributed by atoms with Crippen molar-refractivity contribution in [1.82, 2.24) is 5.32 Å². The Kier molecular flexibility index (Phi) is 4.56. The normalized spacial score (nSPS) is 17.9. The van der Waals surface area contributed by atoms with Gasteiger partial charge in [-0.1, -0.05) is 18.9 Å². The average molecular weight is 308 g/mol. The second kappa shape index (κ2) is 6.23. The predicted octanol–water partition coefficient (Wildman–Crippen LogP) is 0.481. The molecule has 0 spiro atoms. The number of carboxylic acid groups (broad SMARTS) is 1. The van der Waals surface area contributed by atoms with Crippen molar-refractivity contribution in [3.05, 3.63) is 23.8 Å². The zero-order valence-corrected chi connectivity index (χ0v) is 12.1. The van der Waals surface area contributed by atoms with Crippen LogP contribution in [0.25, 0.3) is 0 Å². The summed E-state index contributed by atoms with van der Waals surface area (Å²) in [6.07, 6.45) is 2.79. The summed E-state index contributed by atoms with van der Waals surface area (Å²) in [5.74, 6) is -2.26. The van der Waals surface area contributed by atoms with Crippen molar-refractivity contribution in [1.29, 1.82) is 0 Å². The summed E-state index contributed by atoms with van der Waals surface area (Å²) in [4.78, 5) is 23.5. The van der Waals surface area contributed by atoms with E-state index in [1.807, 2.05) is 0 Å². The SMILES string of the molecule is NC1(C(=O)N[C@@H](Cc2ccc(O)c(O)c2)C(=O)O)CCCC1. The van der Waals surface area contributed by atoms with Crippen LogP contribution >= 0.6 is 0 Å². The molecule has 1 fully saturated rings. The lowest BCUT2D eigenvalue weighted by atomic mass is 9.96. The first-order valence-electron chi connectivity index (χ1n) is 7.15. The molecule has 120 valence electrons. The van der Waals surface area contributed by atoms with Crippen LogP contribution in [0.5, 0.6) is 11.5 Å². The minimum absolute atomic E-state index is 0.00894. The van der Waals surface area contributed by atoms with Crippen LogP contribution in [0.15, 0.2) is 18.2 Å². The zero-order valence-electron chi connectivity index (χ0n) is 12.1. The van der Waals surface area contributed by atoms with Crippen molar-refractivity contribution in [3.63, 3.8) is 0 Å². The maximum Gasteiger partial charge on any atom is 0.326 e. The molecular weight excluding hydrogens is 288 g/mol. The summed E-state index contributed by atoms with van der Waals surface area (Å²) in [5, 5.41) is 30.4. The number of carboxylic acids is 1. The van der Waals surface area contributed by atoms with E-state index in [4.69, 9.17) is 5.73 Å². The van der Waals surface area contributed by atoms with Gasteiger partial charge in [0.25, 0.3) is 0 Å². The number of hydrogen-bond donors (Lipinski definition) is 5. The molecule has 1 aromatic carbocycles. The number of phenolic OH excluding ortho intramolecular Hbond substituents is 2. The third kappa shape index (κ3) is 3.48. The Bertz CT molecular complexity index is 581. The quantitative estimate of drug-likeness (QED) is 0.502. The highest BCUT2D eigenvalue weighted by Gasteiger charge is 2.38. The molecule has 0 heterocycles. The van der Waals surface area contributed by atoms with E-state index in [0.717, 1.165) is 12.8 Å². The fourth-order valence-corrected chi connectivity index (χ4v) is 2.67. The molecule has 1 aliphatic carbocycles. The van der Waals surface area contributed by atoms with Crippen LogP contribution in [0.3, 0.4) is 0 Å².